The summed E-state index contributed by atoms with van der Waals surface area (Å²) < 4.78 is 0. The molecule has 0 aliphatic heterocycles. The van der Waals surface area contributed by atoms with E-state index in [0.29, 0.717) is 99.7 Å². The zero-order chi connectivity index (χ0) is 86.5. The van der Waals surface area contributed by atoms with Gasteiger partial charge in [0.25, 0.3) is 0 Å². The Kier molecular flexibility index (Phi) is 45.7. The predicted octanol–water partition coefficient (Wildman–Crippen LogP) is 2.52. The summed E-state index contributed by atoms with van der Waals surface area (Å²) in [6.45, 7) is 17.0. The maximum Gasteiger partial charge on any atom is 0.326 e. The molecular weight excluding hydrogens is 1500 g/mol. The first kappa shape index (κ1) is 99.2. The van der Waals surface area contributed by atoms with Gasteiger partial charge in [0.1, 0.15) is 72.5 Å². The van der Waals surface area contributed by atoms with Crippen molar-refractivity contribution in [2.75, 3.05) is 26.2 Å². The molecule has 0 aliphatic carbocycles. The lowest BCUT2D eigenvalue weighted by molar-refractivity contribution is -0.142. The fourth-order valence-electron chi connectivity index (χ4n) is 13.2. The SMILES string of the molecule is CC(C)C[C@H](NC(=O)[C@H](CC(C)C)NC(=O)[C@@H](NC(=O)[C@H](CCCCN)NC(=O)[C@H](CCCCN)NC(=O)[C@H](CCCCN)NC(=O)[C@@H](N)CCCCN)C(C)C)C(=O)N[C@@H](C)C(=O)N[C@@H](Cc1ccccc1)C(=O)N[C@@H](CC(C)C)C(=O)N[C@@H](Cc1ccccc1)C(=O)N[C@@H](Cc1ccccc1)C(=O)N[C@@H](Cc1ccccc1)C(=O)O. The smallest absolute Gasteiger partial charge is 0.326 e. The first-order valence-electron chi connectivity index (χ1n) is 41.4. The van der Waals surface area contributed by atoms with Crippen LogP contribution >= 0.6 is 0 Å². The minimum atomic E-state index is -1.38. The highest BCUT2D eigenvalue weighted by Crippen LogP contribution is 2.18. The number of nitrogens with one attached hydrogen (secondary N) is 12. The Balaban J connectivity index is 1.57. The molecule has 13 atom stereocenters. The van der Waals surface area contributed by atoms with E-state index in [9.17, 15) is 67.4 Å². The topological polar surface area (TPSA) is 517 Å². The zero-order valence-corrected chi connectivity index (χ0v) is 69.8. The van der Waals surface area contributed by atoms with E-state index < -0.39 is 161 Å². The van der Waals surface area contributed by atoms with Gasteiger partial charge in [0.15, 0.2) is 0 Å². The van der Waals surface area contributed by atoms with E-state index in [4.69, 9.17) is 28.7 Å². The van der Waals surface area contributed by atoms with Crippen LogP contribution in [0, 0.1) is 23.7 Å². The normalized spacial score (nSPS) is 14.7. The van der Waals surface area contributed by atoms with E-state index in [-0.39, 0.29) is 88.5 Å². The highest BCUT2D eigenvalue weighted by atomic mass is 16.4. The van der Waals surface area contributed by atoms with Gasteiger partial charge in [0.05, 0.1) is 6.04 Å². The molecule has 0 radical (unpaired) electrons. The van der Waals surface area contributed by atoms with Crippen molar-refractivity contribution in [3.8, 4) is 0 Å². The first-order valence-corrected chi connectivity index (χ1v) is 41.4. The molecule has 0 saturated heterocycles. The van der Waals surface area contributed by atoms with Crippen molar-refractivity contribution in [3.63, 3.8) is 0 Å². The monoisotopic (exact) mass is 1630 g/mol. The number of unbranched alkanes of at least 4 members (excludes halogenated alkanes) is 4. The van der Waals surface area contributed by atoms with Gasteiger partial charge in [-0.05, 0) is 169 Å². The molecular formula is C86H133N17O14. The van der Waals surface area contributed by atoms with Crippen molar-refractivity contribution in [2.45, 2.75) is 263 Å². The molecule has 0 bridgehead atoms. The number of hydrogen-bond acceptors (Lipinski definition) is 18. The second kappa shape index (κ2) is 53.9. The second-order valence-corrected chi connectivity index (χ2v) is 31.8. The number of benzene rings is 4. The van der Waals surface area contributed by atoms with E-state index in [2.05, 4.69) is 63.8 Å². The standard InChI is InChI=1S/C86H133N17O14/c1-53(2)46-66(97-81(111)68(48-55(5)6)101-85(115)73(56(7)8)103-78(108)65(41-25-29-45-90)95-77(107)64(40-24-28-44-89)94-76(106)63(39-23-27-43-88)93-75(105)62(91)38-22-26-42-87)79(109)92-57(9)74(104)96-69(49-58-30-14-10-15-31-58)82(112)98-67(47-54(3)4)80(110)99-70(50-59-32-16-11-17-33-59)83(113)100-71(51-60-34-18-12-19-35-60)84(114)102-72(86(116)117)52-61-36-20-13-21-37-61/h10-21,30-37,53-57,62-73H,22-29,38-52,87-91H2,1-9H3,(H,92,109)(H,93,105)(H,94,106)(H,95,107)(H,96,104)(H,97,111)(H,98,112)(H,99,110)(H,100,113)(H,101,115)(H,102,114)(H,103,108)(H,116,117)/t57-,62-,63-,64-,65-,66-,67-,68-,69-,70-,71-,72-,73-/m0/s1. The maximum atomic E-state index is 14.9. The summed E-state index contributed by atoms with van der Waals surface area (Å²) in [5, 5.41) is 43.6. The van der Waals surface area contributed by atoms with Crippen LogP contribution in [0.5, 0.6) is 0 Å². The van der Waals surface area contributed by atoms with Crippen LogP contribution in [-0.2, 0) is 88.0 Å². The van der Waals surface area contributed by atoms with E-state index in [1.54, 1.807) is 135 Å². The molecule has 0 heterocycles. The summed E-state index contributed by atoms with van der Waals surface area (Å²) in [6, 6.07) is 18.6. The molecule has 0 fully saturated rings. The van der Waals surface area contributed by atoms with Crippen molar-refractivity contribution in [2.24, 2.45) is 52.3 Å². The van der Waals surface area contributed by atoms with E-state index in [1.165, 1.54) is 6.92 Å². The fourth-order valence-corrected chi connectivity index (χ4v) is 13.2. The fraction of sp³-hybridized carbons (Fsp3) is 0.570. The lowest BCUT2D eigenvalue weighted by Crippen LogP contribution is -2.61. The van der Waals surface area contributed by atoms with Gasteiger partial charge in [-0.15, -0.1) is 0 Å². The van der Waals surface area contributed by atoms with Gasteiger partial charge >= 0.3 is 5.97 Å². The quantitative estimate of drug-likeness (QED) is 0.0282. The molecule has 4 rings (SSSR count). The van der Waals surface area contributed by atoms with Gasteiger partial charge in [0, 0.05) is 25.7 Å². The van der Waals surface area contributed by atoms with Gasteiger partial charge < -0.3 is 97.6 Å². The van der Waals surface area contributed by atoms with E-state index in [0.717, 1.165) is 0 Å². The van der Waals surface area contributed by atoms with Gasteiger partial charge in [-0.2, -0.15) is 0 Å². The highest BCUT2D eigenvalue weighted by Gasteiger charge is 2.38. The van der Waals surface area contributed by atoms with Crippen LogP contribution in [0.2, 0.25) is 0 Å². The minimum absolute atomic E-state index is 0.0447. The Morgan fingerprint density at radius 2 is 0.513 bits per heavy atom. The molecule has 0 unspecified atom stereocenters. The lowest BCUT2D eigenvalue weighted by Gasteiger charge is -2.30. The summed E-state index contributed by atoms with van der Waals surface area (Å²) >= 11 is 0. The lowest BCUT2D eigenvalue weighted by atomic mass is 9.98. The van der Waals surface area contributed by atoms with Crippen LogP contribution in [0.25, 0.3) is 0 Å². The number of carboxylic acid groups (broad SMARTS) is 1. The van der Waals surface area contributed by atoms with E-state index in [1.807, 2.05) is 41.5 Å². The molecule has 31 nitrogen and oxygen atoms in total. The largest absolute Gasteiger partial charge is 0.480 e. The zero-order valence-electron chi connectivity index (χ0n) is 69.8. The number of rotatable bonds is 56. The van der Waals surface area contributed by atoms with Crippen LogP contribution in [0.4, 0.5) is 0 Å². The molecule has 0 aliphatic rings. The number of aliphatic carboxylic acids is 1. The Bertz CT molecular complexity index is 3730. The van der Waals surface area contributed by atoms with Crippen molar-refractivity contribution in [1.29, 1.82) is 0 Å². The Morgan fingerprint density at radius 1 is 0.274 bits per heavy atom. The Morgan fingerprint density at radius 3 is 0.821 bits per heavy atom. The molecule has 4 aromatic carbocycles. The average Bonchev–Trinajstić information content (AvgIpc) is 0.868. The molecule has 12 amide bonds. The number of amides is 12. The van der Waals surface area contributed by atoms with Crippen LogP contribution in [0.1, 0.15) is 181 Å². The average molecular weight is 1630 g/mol. The number of nitrogens with two attached hydrogens (primary N) is 5. The molecule has 0 spiro atoms. The third-order valence-electron chi connectivity index (χ3n) is 19.7. The van der Waals surface area contributed by atoms with Crippen LogP contribution in [-0.4, -0.2) is 187 Å². The van der Waals surface area contributed by atoms with Crippen molar-refractivity contribution < 1.29 is 67.4 Å². The summed E-state index contributed by atoms with van der Waals surface area (Å²) in [7, 11) is 0. The molecule has 646 valence electrons. The summed E-state index contributed by atoms with van der Waals surface area (Å²) in [5.41, 5.74) is 31.9. The van der Waals surface area contributed by atoms with Crippen molar-refractivity contribution in [1.82, 2.24) is 63.8 Å². The molecule has 31 heteroatoms. The molecule has 117 heavy (non-hydrogen) atoms. The van der Waals surface area contributed by atoms with Gasteiger partial charge in [-0.1, -0.05) is 183 Å². The second-order valence-electron chi connectivity index (χ2n) is 31.8. The third-order valence-corrected chi connectivity index (χ3v) is 19.7. The van der Waals surface area contributed by atoms with Crippen LogP contribution in [0.15, 0.2) is 121 Å². The predicted molar refractivity (Wildman–Crippen MR) is 450 cm³/mol. The third kappa shape index (κ3) is 37.7. The number of carbonyl (C=O) groups excluding carboxylic acids is 12. The highest BCUT2D eigenvalue weighted by molar-refractivity contribution is 6.00. The minimum Gasteiger partial charge on any atom is -0.480 e. The van der Waals surface area contributed by atoms with Crippen molar-refractivity contribution >= 4 is 76.9 Å². The number of carbonyl (C=O) groups is 13. The molecule has 4 aromatic rings. The Hall–Kier alpha value is -10.2. The van der Waals surface area contributed by atoms with Gasteiger partial charge in [-0.25, -0.2) is 4.79 Å². The molecule has 0 saturated carbocycles. The summed E-state index contributed by atoms with van der Waals surface area (Å²) in [6.07, 6.45) is 4.68. The number of carboxylic acids is 1. The molecule has 0 aromatic heterocycles. The molecule has 23 N–H and O–H groups in total. The van der Waals surface area contributed by atoms with Crippen LogP contribution in [0.3, 0.4) is 0 Å². The van der Waals surface area contributed by atoms with Crippen LogP contribution < -0.4 is 92.5 Å². The van der Waals surface area contributed by atoms with Gasteiger partial charge in [0.2, 0.25) is 70.9 Å². The van der Waals surface area contributed by atoms with Crippen molar-refractivity contribution in [3.05, 3.63) is 144 Å². The summed E-state index contributed by atoms with van der Waals surface area (Å²) in [4.78, 5) is 186. The first-order chi connectivity index (χ1) is 55.8. The summed E-state index contributed by atoms with van der Waals surface area (Å²) in [5.74, 6) is -11.4. The maximum absolute atomic E-state index is 14.9. The van der Waals surface area contributed by atoms with Gasteiger partial charge in [-0.3, -0.25) is 57.5 Å². The number of hydrogen-bond donors (Lipinski definition) is 18. The van der Waals surface area contributed by atoms with E-state index >= 15 is 0 Å². The Labute approximate surface area is 689 Å².